The van der Waals surface area contributed by atoms with Gasteiger partial charge in [0, 0.05) is 54.3 Å². The number of H-pyrrole nitrogens is 1. The molecule has 47 heavy (non-hydrogen) atoms. The lowest BCUT2D eigenvalue weighted by atomic mass is 9.94. The van der Waals surface area contributed by atoms with E-state index in [-0.39, 0.29) is 48.1 Å². The van der Waals surface area contributed by atoms with Crippen molar-refractivity contribution in [3.05, 3.63) is 34.9 Å². The number of ether oxygens (including phenoxy) is 1. The van der Waals surface area contributed by atoms with Crippen LogP contribution >= 0.6 is 11.6 Å². The number of halogens is 4. The second-order valence-electron chi connectivity index (χ2n) is 14.0. The van der Waals surface area contributed by atoms with Gasteiger partial charge in [-0.1, -0.05) is 11.6 Å². The number of pyridine rings is 1. The van der Waals surface area contributed by atoms with Crippen molar-refractivity contribution < 1.29 is 22.7 Å². The number of hydrogen-bond donors (Lipinski definition) is 2. The van der Waals surface area contributed by atoms with Crippen LogP contribution in [0.5, 0.6) is 6.01 Å². The third kappa shape index (κ3) is 4.82. The maximum Gasteiger partial charge on any atom is 0.319 e. The van der Waals surface area contributed by atoms with Crippen LogP contribution in [-0.4, -0.2) is 92.7 Å². The number of carbonyl (C=O) groups excluding carboxylic acids is 1. The van der Waals surface area contributed by atoms with Crippen molar-refractivity contribution in [2.75, 3.05) is 37.7 Å². The van der Waals surface area contributed by atoms with Crippen LogP contribution in [0.1, 0.15) is 44.1 Å². The summed E-state index contributed by atoms with van der Waals surface area (Å²) in [4.78, 5) is 31.3. The number of alkyl halides is 2. The first-order chi connectivity index (χ1) is 22.8. The summed E-state index contributed by atoms with van der Waals surface area (Å²) in [6, 6.07) is 1.42. The van der Waals surface area contributed by atoms with Gasteiger partial charge in [0.25, 0.3) is 5.91 Å². The fourth-order valence-corrected chi connectivity index (χ4v) is 8.96. The normalized spacial score (nSPS) is 30.5. The molecule has 0 radical (unpaired) electrons. The minimum atomic E-state index is -1.69. The first kappa shape index (κ1) is 29.4. The van der Waals surface area contributed by atoms with Crippen LogP contribution in [0.2, 0.25) is 5.02 Å². The van der Waals surface area contributed by atoms with Gasteiger partial charge in [0.1, 0.15) is 29.8 Å². The number of anilines is 1. The number of nitrogens with zero attached hydrogens (tertiary/aromatic N) is 6. The number of piperidine rings is 1. The van der Waals surface area contributed by atoms with Crippen molar-refractivity contribution in [1.82, 2.24) is 35.4 Å². The molecule has 1 saturated carbocycles. The molecule has 14 heteroatoms. The topological polar surface area (TPSA) is 112 Å². The molecule has 10 rings (SSSR count). The highest BCUT2D eigenvalue weighted by molar-refractivity contribution is 6.33. The van der Waals surface area contributed by atoms with Gasteiger partial charge in [-0.2, -0.15) is 15.1 Å². The molecule has 6 atom stereocenters. The maximum absolute atomic E-state index is 17.0. The van der Waals surface area contributed by atoms with E-state index < -0.39 is 29.6 Å². The van der Waals surface area contributed by atoms with E-state index in [1.807, 2.05) is 4.90 Å². The number of carbonyl (C=O) groups is 1. The molecule has 4 fully saturated rings. The number of aromatic nitrogens is 5. The summed E-state index contributed by atoms with van der Waals surface area (Å²) >= 11 is 6.76. The van der Waals surface area contributed by atoms with Crippen molar-refractivity contribution in [3.8, 4) is 17.3 Å². The highest BCUT2D eigenvalue weighted by Crippen LogP contribution is 2.48. The monoisotopic (exact) mass is 666 g/mol. The van der Waals surface area contributed by atoms with E-state index in [0.29, 0.717) is 77.2 Å². The Morgan fingerprint density at radius 1 is 1.13 bits per heavy atom. The van der Waals surface area contributed by atoms with Crippen molar-refractivity contribution in [2.45, 2.75) is 68.9 Å². The molecule has 2 N–H and O–H groups in total. The molecular formula is C33H34ClF3N8O2. The molecule has 6 aliphatic rings. The third-order valence-electron chi connectivity index (χ3n) is 11.1. The lowest BCUT2D eigenvalue weighted by Crippen LogP contribution is -2.51. The van der Waals surface area contributed by atoms with Gasteiger partial charge in [-0.15, -0.1) is 0 Å². The molecule has 8 heterocycles. The van der Waals surface area contributed by atoms with Crippen LogP contribution in [0.25, 0.3) is 33.1 Å². The Labute approximate surface area is 273 Å². The van der Waals surface area contributed by atoms with Gasteiger partial charge in [0.05, 0.1) is 22.6 Å². The Morgan fingerprint density at radius 2 is 2.02 bits per heavy atom. The number of hydrogen-bond acceptors (Lipinski definition) is 8. The minimum Gasteiger partial charge on any atom is -0.461 e. The van der Waals surface area contributed by atoms with E-state index in [4.69, 9.17) is 21.3 Å². The van der Waals surface area contributed by atoms with E-state index in [2.05, 4.69) is 30.4 Å². The summed E-state index contributed by atoms with van der Waals surface area (Å²) in [6.07, 6.45) is 4.20. The van der Waals surface area contributed by atoms with Gasteiger partial charge in [0.2, 0.25) is 0 Å². The zero-order valence-corrected chi connectivity index (χ0v) is 26.4. The van der Waals surface area contributed by atoms with E-state index >= 15 is 8.78 Å². The Kier molecular flexibility index (Phi) is 6.83. The van der Waals surface area contributed by atoms with Crippen LogP contribution in [0.3, 0.4) is 0 Å². The van der Waals surface area contributed by atoms with Crippen molar-refractivity contribution in [1.29, 1.82) is 0 Å². The van der Waals surface area contributed by atoms with Gasteiger partial charge in [-0.25, -0.2) is 13.2 Å². The predicted octanol–water partition coefficient (Wildman–Crippen LogP) is 4.93. The van der Waals surface area contributed by atoms with Crippen LogP contribution in [0.15, 0.2) is 18.5 Å². The fourth-order valence-electron chi connectivity index (χ4n) is 8.66. The van der Waals surface area contributed by atoms with Crippen LogP contribution in [0.4, 0.5) is 19.0 Å². The summed E-state index contributed by atoms with van der Waals surface area (Å²) in [5.41, 5.74) is 1.26. The Hall–Kier alpha value is -3.71. The molecule has 5 aliphatic heterocycles. The molecule has 0 unspecified atom stereocenters. The number of amides is 1. The largest absolute Gasteiger partial charge is 0.461 e. The van der Waals surface area contributed by atoms with Crippen LogP contribution in [-0.2, 0) is 11.2 Å². The Balaban J connectivity index is 1.21. The number of benzene rings is 1. The smallest absolute Gasteiger partial charge is 0.319 e. The quantitative estimate of drug-likeness (QED) is 0.317. The van der Waals surface area contributed by atoms with Gasteiger partial charge < -0.3 is 15.0 Å². The third-order valence-corrected chi connectivity index (χ3v) is 11.4. The molecular weight excluding hydrogens is 633 g/mol. The molecule has 1 aromatic carbocycles. The van der Waals surface area contributed by atoms with Gasteiger partial charge in [0.15, 0.2) is 12.0 Å². The molecule has 246 valence electrons. The molecule has 0 spiro atoms. The highest BCUT2D eigenvalue weighted by atomic mass is 35.5. The summed E-state index contributed by atoms with van der Waals surface area (Å²) in [6.45, 7) is 2.40. The van der Waals surface area contributed by atoms with E-state index in [1.54, 1.807) is 18.5 Å². The van der Waals surface area contributed by atoms with Crippen LogP contribution in [0, 0.1) is 17.7 Å². The first-order valence-corrected chi connectivity index (χ1v) is 16.9. The molecule has 6 bridgehead atoms. The van der Waals surface area contributed by atoms with Crippen molar-refractivity contribution >= 4 is 45.1 Å². The van der Waals surface area contributed by atoms with Crippen molar-refractivity contribution in [3.63, 3.8) is 0 Å². The van der Waals surface area contributed by atoms with Crippen molar-refractivity contribution in [2.24, 2.45) is 11.8 Å². The van der Waals surface area contributed by atoms with Gasteiger partial charge in [-0.05, 0) is 68.5 Å². The first-order valence-electron chi connectivity index (χ1n) is 16.5. The van der Waals surface area contributed by atoms with E-state index in [9.17, 15) is 9.18 Å². The molecule has 3 aromatic heterocycles. The summed E-state index contributed by atoms with van der Waals surface area (Å²) in [5.74, 6) is -0.312. The van der Waals surface area contributed by atoms with E-state index in [0.717, 1.165) is 25.8 Å². The van der Waals surface area contributed by atoms with Crippen LogP contribution < -0.4 is 15.0 Å². The summed E-state index contributed by atoms with van der Waals surface area (Å²) in [5, 5.41) is 11.4. The zero-order chi connectivity index (χ0) is 32.0. The second-order valence-corrected chi connectivity index (χ2v) is 14.4. The summed E-state index contributed by atoms with van der Waals surface area (Å²) < 4.78 is 53.1. The standard InChI is InChI=1S/C33H34ClF3N8O2/c34-22-8-24-20(11-39-43-24)26-18(22)3-1-4-23(36)31(46)40-25-14-44(12-16-7-19(16)25)30-21-10-38-29(26)27(37)28(21)41-32(42-30)47-15-33-5-2-6-45(33)13-17(35)9-33/h8,10-11,16-17,19,23,25H,1-7,9,12-15H2,(H,39,43)(H,40,46)/t16-,17+,19-,23+,25+,33-/m0/s1. The predicted molar refractivity (Wildman–Crippen MR) is 170 cm³/mol. The zero-order valence-electron chi connectivity index (χ0n) is 25.6. The van der Waals surface area contributed by atoms with Gasteiger partial charge >= 0.3 is 6.01 Å². The second kappa shape index (κ2) is 10.9. The molecule has 3 saturated heterocycles. The Bertz CT molecular complexity index is 1930. The maximum atomic E-state index is 17.0. The van der Waals surface area contributed by atoms with E-state index in [1.165, 1.54) is 0 Å². The SMILES string of the molecule is O=C1N[C@@H]2CN(C[C@@H]3C[C@@H]32)c2nc(OC[C@@]34CCCN3C[C@H](F)C4)nc3c(F)c(ncc23)-c2c(c(Cl)cc3[nH]ncc23)CCC[C@H]1F. The number of nitrogens with one attached hydrogen (secondary N) is 2. The number of aromatic amines is 1. The van der Waals surface area contributed by atoms with Gasteiger partial charge in [-0.3, -0.25) is 19.8 Å². The average Bonchev–Trinajstić information content (AvgIpc) is 3.34. The average molecular weight is 667 g/mol. The minimum absolute atomic E-state index is 0.00435. The molecule has 1 amide bonds. The number of fused-ring (bicyclic) bond motifs is 9. The lowest BCUT2D eigenvalue weighted by molar-refractivity contribution is -0.127. The fraction of sp³-hybridized carbons (Fsp3) is 0.545. The highest BCUT2D eigenvalue weighted by Gasteiger charge is 2.51. The summed E-state index contributed by atoms with van der Waals surface area (Å²) in [7, 11) is 0. The molecule has 4 aromatic rings. The molecule has 1 aliphatic carbocycles. The number of rotatable bonds is 3. The Morgan fingerprint density at radius 3 is 2.91 bits per heavy atom. The lowest BCUT2D eigenvalue weighted by Gasteiger charge is -2.35. The molecule has 10 nitrogen and oxygen atoms in total.